The number of hydrogen-bond acceptors (Lipinski definition) is 9. The molecular formula is C27H33F3N6O5S. The summed E-state index contributed by atoms with van der Waals surface area (Å²) in [7, 11) is 1.40. The molecule has 1 unspecified atom stereocenters. The van der Waals surface area contributed by atoms with Gasteiger partial charge in [0.2, 0.25) is 0 Å². The Bertz CT molecular complexity index is 1330. The van der Waals surface area contributed by atoms with E-state index in [0.29, 0.717) is 5.69 Å². The van der Waals surface area contributed by atoms with Gasteiger partial charge in [-0.3, -0.25) is 14.4 Å². The van der Waals surface area contributed by atoms with Gasteiger partial charge in [0.1, 0.15) is 11.2 Å². The smallest absolute Gasteiger partial charge is 0.379 e. The summed E-state index contributed by atoms with van der Waals surface area (Å²) < 4.78 is 63.8. The molecule has 228 valence electrons. The van der Waals surface area contributed by atoms with Gasteiger partial charge in [-0.15, -0.1) is 0 Å². The van der Waals surface area contributed by atoms with Crippen LogP contribution in [0.25, 0.3) is 11.1 Å². The maximum atomic E-state index is 13.2. The van der Waals surface area contributed by atoms with Crippen LogP contribution in [0.5, 0.6) is 0 Å². The maximum Gasteiger partial charge on any atom is 0.401 e. The lowest BCUT2D eigenvalue weighted by atomic mass is 10.0. The highest BCUT2D eigenvalue weighted by molar-refractivity contribution is 7.79. The second-order valence-electron chi connectivity index (χ2n) is 9.69. The lowest BCUT2D eigenvalue weighted by Gasteiger charge is -2.26. The van der Waals surface area contributed by atoms with Gasteiger partial charge in [-0.05, 0) is 42.7 Å². The van der Waals surface area contributed by atoms with Gasteiger partial charge in [0.25, 0.3) is 0 Å². The average Bonchev–Trinajstić information content (AvgIpc) is 3.68. The van der Waals surface area contributed by atoms with Crippen LogP contribution in [0, 0.1) is 0 Å². The van der Waals surface area contributed by atoms with Gasteiger partial charge in [-0.1, -0.05) is 17.3 Å². The van der Waals surface area contributed by atoms with E-state index in [1.807, 2.05) is 24.3 Å². The fourth-order valence-corrected chi connectivity index (χ4v) is 4.21. The average molecular weight is 611 g/mol. The predicted octanol–water partition coefficient (Wildman–Crippen LogP) is 4.64. The zero-order valence-corrected chi connectivity index (χ0v) is 24.0. The number of hydrogen-bond donors (Lipinski definition) is 3. The normalized spacial score (nSPS) is 17.0. The van der Waals surface area contributed by atoms with Crippen LogP contribution in [-0.2, 0) is 25.4 Å². The number of carbonyl (C=O) groups is 1. The summed E-state index contributed by atoms with van der Waals surface area (Å²) >= 11 is -1.07. The first-order chi connectivity index (χ1) is 20.1. The fourth-order valence-electron chi connectivity index (χ4n) is 4.21. The van der Waals surface area contributed by atoms with Crippen molar-refractivity contribution in [2.45, 2.75) is 24.4 Å². The number of carbonyl (C=O) groups excluding carboxylic acids is 1. The number of amides is 2. The first kappa shape index (κ1) is 31.4. The van der Waals surface area contributed by atoms with Gasteiger partial charge in [0.05, 0.1) is 20.3 Å². The lowest BCUT2D eigenvalue weighted by molar-refractivity contribution is -0.165. The number of ether oxygens (including phenoxy) is 1. The van der Waals surface area contributed by atoms with Crippen molar-refractivity contribution in [3.8, 4) is 11.1 Å². The van der Waals surface area contributed by atoms with Gasteiger partial charge in [-0.25, -0.2) is 14.0 Å². The number of urea groups is 1. The molecule has 3 N–H and O–H groups in total. The molecule has 1 atom stereocenters. The molecule has 15 heteroatoms. The predicted molar refractivity (Wildman–Crippen MR) is 153 cm³/mol. The molecule has 3 heterocycles. The highest BCUT2D eigenvalue weighted by Crippen LogP contribution is 2.59. The van der Waals surface area contributed by atoms with Crippen LogP contribution in [-0.4, -0.2) is 84.2 Å². The number of nitrogens with zero attached hydrogens (tertiary/aromatic N) is 3. The number of alkyl halides is 3. The molecule has 42 heavy (non-hydrogen) atoms. The molecule has 2 aromatic heterocycles. The molecule has 2 amide bonds. The van der Waals surface area contributed by atoms with E-state index in [1.54, 1.807) is 18.3 Å². The first-order valence-corrected chi connectivity index (χ1v) is 14.7. The molecule has 1 aliphatic carbocycles. The zero-order valence-electron chi connectivity index (χ0n) is 23.2. The summed E-state index contributed by atoms with van der Waals surface area (Å²) in [5.74, 6) is 0.432. The monoisotopic (exact) mass is 610 g/mol. The molecule has 5 rings (SSSR count). The van der Waals surface area contributed by atoms with Crippen LogP contribution in [0.1, 0.15) is 18.6 Å². The molecule has 3 aromatic rings. The Hall–Kier alpha value is -3.53. The molecular weight excluding hydrogens is 577 g/mol. The Morgan fingerprint density at radius 2 is 1.74 bits per heavy atom. The van der Waals surface area contributed by atoms with Crippen molar-refractivity contribution in [1.82, 2.24) is 15.0 Å². The number of aromatic nitrogens is 2. The minimum atomic E-state index is -4.41. The van der Waals surface area contributed by atoms with E-state index >= 15 is 0 Å². The van der Waals surface area contributed by atoms with Crippen molar-refractivity contribution in [3.05, 3.63) is 54.4 Å². The molecule has 1 saturated heterocycles. The van der Waals surface area contributed by atoms with E-state index in [0.717, 1.165) is 62.4 Å². The summed E-state index contributed by atoms with van der Waals surface area (Å²) in [5, 5.41) is 11.9. The third-order valence-electron chi connectivity index (χ3n) is 6.83. The van der Waals surface area contributed by atoms with Crippen molar-refractivity contribution in [1.29, 1.82) is 0 Å². The molecule has 1 saturated carbocycles. The Morgan fingerprint density at radius 3 is 2.31 bits per heavy atom. The molecule has 1 aliphatic heterocycles. The Kier molecular flexibility index (Phi) is 10.5. The third kappa shape index (κ3) is 8.50. The summed E-state index contributed by atoms with van der Waals surface area (Å²) in [6, 6.07) is 11.5. The maximum absolute atomic E-state index is 13.2. The number of rotatable bonds is 9. The van der Waals surface area contributed by atoms with Crippen LogP contribution in [0.4, 0.5) is 35.3 Å². The van der Waals surface area contributed by atoms with E-state index in [4.69, 9.17) is 9.26 Å². The quantitative estimate of drug-likeness (QED) is 0.317. The summed E-state index contributed by atoms with van der Waals surface area (Å²) in [6.07, 6.45) is -1.26. The molecule has 0 spiro atoms. The zero-order chi connectivity index (χ0) is 30.2. The standard InChI is InChI=1S/C25H27F3N6O3.C2H6O2S/c26-25(27,28)24(7-8-24)20-15-22(33-37-20)32-23(35)31-19-4-1-17(2-5-19)18-3-6-21(30-16-18)29-9-10-34-11-13-36-14-12-34;1-4-5(2)3/h1-6,15-16H,7-14H2,(H,29,30)(H2,31,32,33,35);1-2H3. The number of halogens is 3. The topological polar surface area (TPSA) is 131 Å². The minimum Gasteiger partial charge on any atom is -0.379 e. The van der Waals surface area contributed by atoms with Crippen molar-refractivity contribution < 1.29 is 35.6 Å². The SMILES string of the molecule is COS(C)=O.O=C(Nc1ccc(-c2ccc(NCCN3CCOCC3)nc2)cc1)Nc1cc(C2(C(F)(F)F)CC2)on1. The van der Waals surface area contributed by atoms with Crippen LogP contribution in [0.3, 0.4) is 0 Å². The number of anilines is 3. The second-order valence-corrected chi connectivity index (χ2v) is 10.8. The van der Waals surface area contributed by atoms with Crippen LogP contribution < -0.4 is 16.0 Å². The Morgan fingerprint density at radius 1 is 1.07 bits per heavy atom. The minimum absolute atomic E-state index is 0.0482. The molecule has 0 radical (unpaired) electrons. The highest BCUT2D eigenvalue weighted by atomic mass is 32.2. The van der Waals surface area contributed by atoms with Gasteiger partial charge < -0.3 is 19.9 Å². The Balaban J connectivity index is 0.000000748. The van der Waals surface area contributed by atoms with Crippen molar-refractivity contribution in [3.63, 3.8) is 0 Å². The first-order valence-electron chi connectivity index (χ1n) is 13.2. The van der Waals surface area contributed by atoms with Gasteiger partial charge in [0.15, 0.2) is 22.7 Å². The molecule has 2 aliphatic rings. The lowest BCUT2D eigenvalue weighted by Crippen LogP contribution is -2.39. The molecule has 2 fully saturated rings. The van der Waals surface area contributed by atoms with E-state index in [2.05, 4.69) is 35.2 Å². The van der Waals surface area contributed by atoms with Crippen LogP contribution in [0.15, 0.2) is 53.2 Å². The van der Waals surface area contributed by atoms with Gasteiger partial charge in [-0.2, -0.15) is 13.2 Å². The summed E-state index contributed by atoms with van der Waals surface area (Å²) in [5.41, 5.74) is 0.358. The van der Waals surface area contributed by atoms with Gasteiger partial charge >= 0.3 is 12.2 Å². The largest absolute Gasteiger partial charge is 0.401 e. The van der Waals surface area contributed by atoms with E-state index in [1.165, 1.54) is 13.4 Å². The Labute approximate surface area is 243 Å². The second kappa shape index (κ2) is 14.1. The van der Waals surface area contributed by atoms with E-state index in [-0.39, 0.29) is 24.4 Å². The molecule has 0 bridgehead atoms. The molecule has 11 nitrogen and oxygen atoms in total. The number of pyridine rings is 1. The summed E-state index contributed by atoms with van der Waals surface area (Å²) in [6.45, 7) is 5.18. The van der Waals surface area contributed by atoms with Crippen LogP contribution >= 0.6 is 0 Å². The molecule has 1 aromatic carbocycles. The van der Waals surface area contributed by atoms with E-state index < -0.39 is 28.7 Å². The third-order valence-corrected chi connectivity index (χ3v) is 7.30. The van der Waals surface area contributed by atoms with Gasteiger partial charge in [0, 0.05) is 55.9 Å². The fraction of sp³-hybridized carbons (Fsp3) is 0.444. The van der Waals surface area contributed by atoms with Crippen LogP contribution in [0.2, 0.25) is 0 Å². The van der Waals surface area contributed by atoms with Crippen molar-refractivity contribution >= 4 is 34.4 Å². The van der Waals surface area contributed by atoms with E-state index in [9.17, 15) is 22.2 Å². The number of morpholine rings is 1. The van der Waals surface area contributed by atoms with Crippen molar-refractivity contribution in [2.24, 2.45) is 0 Å². The number of nitrogens with one attached hydrogen (secondary N) is 3. The van der Waals surface area contributed by atoms with Crippen molar-refractivity contribution in [2.75, 3.05) is 68.7 Å². The number of benzene rings is 1. The highest BCUT2D eigenvalue weighted by Gasteiger charge is 2.66. The summed E-state index contributed by atoms with van der Waals surface area (Å²) in [4.78, 5) is 19.1.